The van der Waals surface area contributed by atoms with Crippen molar-refractivity contribution < 1.29 is 22.7 Å². The van der Waals surface area contributed by atoms with Crippen LogP contribution < -0.4 is 4.90 Å². The Morgan fingerprint density at radius 2 is 1.77 bits per heavy atom. The number of ether oxygens (including phenoxy) is 1. The number of sulfonamides is 1. The van der Waals surface area contributed by atoms with Gasteiger partial charge in [-0.15, -0.1) is 0 Å². The highest BCUT2D eigenvalue weighted by molar-refractivity contribution is 7.89. The molecule has 0 N–H and O–H groups in total. The molecule has 164 valence electrons. The van der Waals surface area contributed by atoms with Gasteiger partial charge in [-0.05, 0) is 56.4 Å². The molecular weight excluding hydrogens is 416 g/mol. The molecule has 1 atom stereocenters. The van der Waals surface area contributed by atoms with Crippen LogP contribution in [0.15, 0.2) is 53.4 Å². The van der Waals surface area contributed by atoms with Crippen LogP contribution in [0.5, 0.6) is 0 Å². The Labute approximate surface area is 182 Å². The van der Waals surface area contributed by atoms with E-state index in [-0.39, 0.29) is 17.3 Å². The van der Waals surface area contributed by atoms with Crippen molar-refractivity contribution in [1.82, 2.24) is 4.31 Å². The van der Waals surface area contributed by atoms with E-state index in [1.807, 2.05) is 31.2 Å². The molecule has 0 bridgehead atoms. The average Bonchev–Trinajstić information content (AvgIpc) is 3.22. The van der Waals surface area contributed by atoms with E-state index < -0.39 is 28.6 Å². The molecule has 0 aliphatic carbocycles. The fourth-order valence-electron chi connectivity index (χ4n) is 4.18. The van der Waals surface area contributed by atoms with Crippen molar-refractivity contribution in [3.05, 3.63) is 59.7 Å². The topological polar surface area (TPSA) is 84.0 Å². The first kappa shape index (κ1) is 21.5. The van der Waals surface area contributed by atoms with Crippen LogP contribution >= 0.6 is 0 Å². The zero-order valence-corrected chi connectivity index (χ0v) is 18.3. The molecule has 8 heteroatoms. The normalized spacial score (nSPS) is 19.1. The van der Waals surface area contributed by atoms with Gasteiger partial charge in [-0.3, -0.25) is 9.59 Å². The first-order valence-corrected chi connectivity index (χ1v) is 12.0. The number of hydrogen-bond donors (Lipinski definition) is 0. The molecule has 1 saturated heterocycles. The monoisotopic (exact) mass is 442 g/mol. The quantitative estimate of drug-likeness (QED) is 0.665. The SMILES string of the molecule is Cc1ccc(S(=O)(=O)N2CCCCC2C(=O)OCC(=O)N2CCc3ccccc32)cc1. The van der Waals surface area contributed by atoms with Crippen LogP contribution in [-0.4, -0.2) is 50.3 Å². The van der Waals surface area contributed by atoms with E-state index in [0.29, 0.717) is 19.4 Å². The van der Waals surface area contributed by atoms with E-state index in [9.17, 15) is 18.0 Å². The molecule has 2 aliphatic rings. The lowest BCUT2D eigenvalue weighted by Crippen LogP contribution is -2.49. The molecule has 4 rings (SSSR count). The Kier molecular flexibility index (Phi) is 6.11. The van der Waals surface area contributed by atoms with Gasteiger partial charge in [-0.25, -0.2) is 8.42 Å². The largest absolute Gasteiger partial charge is 0.454 e. The van der Waals surface area contributed by atoms with Gasteiger partial charge >= 0.3 is 5.97 Å². The molecule has 0 radical (unpaired) electrons. The molecule has 1 amide bonds. The second-order valence-corrected chi connectivity index (χ2v) is 9.86. The Bertz CT molecular complexity index is 1080. The predicted octanol–water partition coefficient (Wildman–Crippen LogP) is 2.67. The number of aryl methyl sites for hydroxylation is 1. The number of anilines is 1. The van der Waals surface area contributed by atoms with Crippen LogP contribution in [-0.2, 0) is 30.8 Å². The number of piperidine rings is 1. The van der Waals surface area contributed by atoms with Gasteiger partial charge < -0.3 is 9.64 Å². The zero-order chi connectivity index (χ0) is 22.0. The summed E-state index contributed by atoms with van der Waals surface area (Å²) in [5, 5.41) is 0. The second-order valence-electron chi connectivity index (χ2n) is 7.97. The highest BCUT2D eigenvalue weighted by atomic mass is 32.2. The molecule has 2 aromatic carbocycles. The molecular formula is C23H26N2O5S. The second kappa shape index (κ2) is 8.80. The van der Waals surface area contributed by atoms with Crippen molar-refractivity contribution in [3.8, 4) is 0 Å². The van der Waals surface area contributed by atoms with Crippen molar-refractivity contribution in [2.75, 3.05) is 24.6 Å². The van der Waals surface area contributed by atoms with Gasteiger partial charge in [0.05, 0.1) is 4.90 Å². The molecule has 31 heavy (non-hydrogen) atoms. The van der Waals surface area contributed by atoms with Crippen molar-refractivity contribution in [3.63, 3.8) is 0 Å². The summed E-state index contributed by atoms with van der Waals surface area (Å²) in [4.78, 5) is 27.2. The summed E-state index contributed by atoms with van der Waals surface area (Å²) in [5.74, 6) is -0.974. The summed E-state index contributed by atoms with van der Waals surface area (Å²) < 4.78 is 32.8. The standard InChI is InChI=1S/C23H26N2O5S/c1-17-9-11-19(12-10-17)31(28,29)25-14-5-4-8-21(25)23(27)30-16-22(26)24-15-13-18-6-2-3-7-20(18)24/h2-3,6-7,9-12,21H,4-5,8,13-16H2,1H3. The van der Waals surface area contributed by atoms with Gasteiger partial charge in [0, 0.05) is 18.8 Å². The summed E-state index contributed by atoms with van der Waals surface area (Å²) in [6, 6.07) is 13.3. The molecule has 1 unspecified atom stereocenters. The minimum absolute atomic E-state index is 0.155. The minimum atomic E-state index is -3.83. The van der Waals surface area contributed by atoms with Crippen molar-refractivity contribution in [2.24, 2.45) is 0 Å². The molecule has 2 aromatic rings. The van der Waals surface area contributed by atoms with Gasteiger partial charge in [0.25, 0.3) is 5.91 Å². The number of amides is 1. The maximum Gasteiger partial charge on any atom is 0.324 e. The summed E-state index contributed by atoms with van der Waals surface area (Å²) in [7, 11) is -3.83. The number of benzene rings is 2. The molecule has 0 saturated carbocycles. The summed E-state index contributed by atoms with van der Waals surface area (Å²) in [6.45, 7) is 2.28. The first-order chi connectivity index (χ1) is 14.9. The van der Waals surface area contributed by atoms with Gasteiger partial charge in [0.1, 0.15) is 6.04 Å². The first-order valence-electron chi connectivity index (χ1n) is 10.5. The highest BCUT2D eigenvalue weighted by Crippen LogP contribution is 2.28. The lowest BCUT2D eigenvalue weighted by Gasteiger charge is -2.33. The highest BCUT2D eigenvalue weighted by Gasteiger charge is 2.39. The fourth-order valence-corrected chi connectivity index (χ4v) is 5.82. The van der Waals surface area contributed by atoms with Gasteiger partial charge in [-0.2, -0.15) is 4.31 Å². The smallest absolute Gasteiger partial charge is 0.324 e. The van der Waals surface area contributed by atoms with E-state index in [2.05, 4.69) is 0 Å². The van der Waals surface area contributed by atoms with Crippen LogP contribution in [0, 0.1) is 6.92 Å². The maximum atomic E-state index is 13.1. The molecule has 0 spiro atoms. The van der Waals surface area contributed by atoms with Gasteiger partial charge in [0.2, 0.25) is 10.0 Å². The van der Waals surface area contributed by atoms with Gasteiger partial charge in [0.15, 0.2) is 6.61 Å². The van der Waals surface area contributed by atoms with Crippen molar-refractivity contribution >= 4 is 27.6 Å². The molecule has 2 aliphatic heterocycles. The third-order valence-corrected chi connectivity index (χ3v) is 7.80. The van der Waals surface area contributed by atoms with Crippen molar-refractivity contribution in [2.45, 2.75) is 43.5 Å². The van der Waals surface area contributed by atoms with E-state index in [1.54, 1.807) is 29.2 Å². The van der Waals surface area contributed by atoms with Crippen LogP contribution in [0.4, 0.5) is 5.69 Å². The number of esters is 1. The number of rotatable bonds is 5. The van der Waals surface area contributed by atoms with Crippen molar-refractivity contribution in [1.29, 1.82) is 0 Å². The van der Waals surface area contributed by atoms with Gasteiger partial charge in [-0.1, -0.05) is 35.9 Å². The Hall–Kier alpha value is -2.71. The summed E-state index contributed by atoms with van der Waals surface area (Å²) >= 11 is 0. The maximum absolute atomic E-state index is 13.1. The molecule has 7 nitrogen and oxygen atoms in total. The third-order valence-electron chi connectivity index (χ3n) is 5.88. The van der Waals surface area contributed by atoms with E-state index >= 15 is 0 Å². The number of carbonyl (C=O) groups is 2. The van der Waals surface area contributed by atoms with Crippen LogP contribution in [0.3, 0.4) is 0 Å². The number of para-hydroxylation sites is 1. The Morgan fingerprint density at radius 3 is 2.55 bits per heavy atom. The van der Waals surface area contributed by atoms with Crippen LogP contribution in [0.1, 0.15) is 30.4 Å². The zero-order valence-electron chi connectivity index (χ0n) is 17.5. The molecule has 0 aromatic heterocycles. The molecule has 2 heterocycles. The lowest BCUT2D eigenvalue weighted by molar-refractivity contribution is -0.152. The number of carbonyl (C=O) groups excluding carboxylic acids is 2. The number of nitrogens with zero attached hydrogens (tertiary/aromatic N) is 2. The average molecular weight is 443 g/mol. The van der Waals surface area contributed by atoms with E-state index in [1.165, 1.54) is 4.31 Å². The van der Waals surface area contributed by atoms with Crippen LogP contribution in [0.2, 0.25) is 0 Å². The van der Waals surface area contributed by atoms with Crippen LogP contribution in [0.25, 0.3) is 0 Å². The minimum Gasteiger partial charge on any atom is -0.454 e. The van der Waals surface area contributed by atoms with E-state index in [4.69, 9.17) is 4.74 Å². The predicted molar refractivity (Wildman–Crippen MR) is 116 cm³/mol. The number of hydrogen-bond acceptors (Lipinski definition) is 5. The third kappa shape index (κ3) is 4.36. The fraction of sp³-hybridized carbons (Fsp3) is 0.391. The summed E-state index contributed by atoms with van der Waals surface area (Å²) in [5.41, 5.74) is 2.88. The van der Waals surface area contributed by atoms with E-state index in [0.717, 1.165) is 29.7 Å². The number of fused-ring (bicyclic) bond motifs is 1. The lowest BCUT2D eigenvalue weighted by atomic mass is 10.1. The Balaban J connectivity index is 1.44. The molecule has 1 fully saturated rings. The Morgan fingerprint density at radius 1 is 1.03 bits per heavy atom. The summed E-state index contributed by atoms with van der Waals surface area (Å²) in [6.07, 6.45) is 2.55.